The van der Waals surface area contributed by atoms with Crippen LogP contribution in [0.3, 0.4) is 0 Å². The average Bonchev–Trinajstić information content (AvgIpc) is 2.49. The summed E-state index contributed by atoms with van der Waals surface area (Å²) in [5, 5.41) is 0. The van der Waals surface area contributed by atoms with Crippen molar-refractivity contribution in [2.75, 3.05) is 13.2 Å². The first-order chi connectivity index (χ1) is 11.7. The van der Waals surface area contributed by atoms with E-state index in [0.29, 0.717) is 13.2 Å². The van der Waals surface area contributed by atoms with Gasteiger partial charge in [0.05, 0.1) is 13.2 Å². The minimum atomic E-state index is -5.07. The first kappa shape index (κ1) is 22.2. The molecule has 8 nitrogen and oxygen atoms in total. The van der Waals surface area contributed by atoms with E-state index >= 15 is 0 Å². The zero-order valence-corrected chi connectivity index (χ0v) is 15.8. The van der Waals surface area contributed by atoms with E-state index < -0.39 is 15.6 Å². The summed E-state index contributed by atoms with van der Waals surface area (Å²) in [5.74, 6) is 0. The number of hydrogen-bond donors (Lipinski definition) is 3. The van der Waals surface area contributed by atoms with Gasteiger partial charge in [-0.2, -0.15) is 4.31 Å². The molecule has 0 heterocycles. The summed E-state index contributed by atoms with van der Waals surface area (Å²) in [6.07, 6.45) is 4.08. The highest BCUT2D eigenvalue weighted by atomic mass is 31.3. The van der Waals surface area contributed by atoms with Gasteiger partial charge in [-0.25, -0.2) is 9.13 Å². The van der Waals surface area contributed by atoms with Crippen LogP contribution in [0.15, 0.2) is 42.0 Å². The fraction of sp³-hybridized carbons (Fsp3) is 0.467. The van der Waals surface area contributed by atoms with Crippen LogP contribution in [0, 0.1) is 0 Å². The number of benzene rings is 1. The topological polar surface area (TPSA) is 123 Å². The zero-order chi connectivity index (χ0) is 18.8. The van der Waals surface area contributed by atoms with Gasteiger partial charge in [0.2, 0.25) is 0 Å². The largest absolute Gasteiger partial charge is 0.481 e. The van der Waals surface area contributed by atoms with E-state index in [1.165, 1.54) is 0 Å². The van der Waals surface area contributed by atoms with E-state index in [1.54, 1.807) is 6.08 Å². The number of phosphoric acid groups is 2. The van der Waals surface area contributed by atoms with Gasteiger partial charge in [-0.3, -0.25) is 4.52 Å². The molecule has 0 spiro atoms. The molecule has 0 amide bonds. The highest BCUT2D eigenvalue weighted by Crippen LogP contribution is 2.57. The molecule has 1 rings (SSSR count). The lowest BCUT2D eigenvalue weighted by molar-refractivity contribution is 0.117. The summed E-state index contributed by atoms with van der Waals surface area (Å²) in [5.41, 5.74) is 2.06. The van der Waals surface area contributed by atoms with Gasteiger partial charge in [0, 0.05) is 6.61 Å². The van der Waals surface area contributed by atoms with Gasteiger partial charge < -0.3 is 19.4 Å². The van der Waals surface area contributed by atoms with Gasteiger partial charge >= 0.3 is 15.6 Å². The quantitative estimate of drug-likeness (QED) is 0.279. The Kier molecular flexibility index (Phi) is 9.79. The number of hydrogen-bond acceptors (Lipinski definition) is 5. The van der Waals surface area contributed by atoms with Crippen molar-refractivity contribution in [3.8, 4) is 0 Å². The molecule has 0 aromatic heterocycles. The molecule has 1 unspecified atom stereocenters. The summed E-state index contributed by atoms with van der Waals surface area (Å²) in [6, 6.07) is 9.89. The molecule has 142 valence electrons. The second-order valence-electron chi connectivity index (χ2n) is 5.38. The summed E-state index contributed by atoms with van der Waals surface area (Å²) in [4.78, 5) is 26.0. The van der Waals surface area contributed by atoms with Gasteiger partial charge in [-0.15, -0.1) is 0 Å². The van der Waals surface area contributed by atoms with Crippen molar-refractivity contribution in [1.82, 2.24) is 0 Å². The summed E-state index contributed by atoms with van der Waals surface area (Å²) in [6.45, 7) is 2.78. The predicted octanol–water partition coefficient (Wildman–Crippen LogP) is 3.55. The molecule has 0 aliphatic heterocycles. The van der Waals surface area contributed by atoms with Crippen LogP contribution in [0.2, 0.25) is 0 Å². The third-order valence-electron chi connectivity index (χ3n) is 3.10. The molecule has 0 saturated heterocycles. The van der Waals surface area contributed by atoms with E-state index in [1.807, 2.05) is 37.3 Å². The van der Waals surface area contributed by atoms with E-state index in [4.69, 9.17) is 19.4 Å². The highest BCUT2D eigenvalue weighted by molar-refractivity contribution is 7.60. The maximum atomic E-state index is 11.2. The van der Waals surface area contributed by atoms with Crippen LogP contribution >= 0.6 is 15.6 Å². The average molecular weight is 394 g/mol. The van der Waals surface area contributed by atoms with Crippen LogP contribution in [-0.4, -0.2) is 27.9 Å². The lowest BCUT2D eigenvalue weighted by atomic mass is 10.1. The van der Waals surface area contributed by atoms with Crippen molar-refractivity contribution in [2.24, 2.45) is 0 Å². The van der Waals surface area contributed by atoms with Gasteiger partial charge in [0.15, 0.2) is 0 Å². The van der Waals surface area contributed by atoms with Crippen LogP contribution in [-0.2, 0) is 29.3 Å². The summed E-state index contributed by atoms with van der Waals surface area (Å²) in [7, 11) is -9.84. The standard InChI is InChI=1S/C15H24O8P2/c1-14(10-12-22-25(19,20)23-24(16,17)18)7-5-6-11-21-13-15-8-3-2-4-9-15/h2-4,8-10H,5-7,11-13H2,1H3,(H,19,20)(H2,16,17,18). The summed E-state index contributed by atoms with van der Waals surface area (Å²) >= 11 is 0. The Morgan fingerprint density at radius 3 is 2.44 bits per heavy atom. The lowest BCUT2D eigenvalue weighted by Crippen LogP contribution is -1.96. The van der Waals surface area contributed by atoms with Crippen LogP contribution < -0.4 is 0 Å². The SMILES string of the molecule is CC(=CCOP(=O)(O)OP(=O)(O)O)CCCCOCc1ccccc1. The van der Waals surface area contributed by atoms with Crippen molar-refractivity contribution in [1.29, 1.82) is 0 Å². The molecule has 25 heavy (non-hydrogen) atoms. The predicted molar refractivity (Wildman–Crippen MR) is 92.6 cm³/mol. The molecule has 0 saturated carbocycles. The molecule has 0 fully saturated rings. The lowest BCUT2D eigenvalue weighted by Gasteiger charge is -2.11. The number of ether oxygens (including phenoxy) is 1. The van der Waals surface area contributed by atoms with Crippen molar-refractivity contribution in [3.05, 3.63) is 47.5 Å². The number of unbranched alkanes of at least 4 members (excludes halogenated alkanes) is 1. The minimum absolute atomic E-state index is 0.274. The maximum absolute atomic E-state index is 11.2. The Morgan fingerprint density at radius 1 is 1.12 bits per heavy atom. The van der Waals surface area contributed by atoms with Gasteiger partial charge in [-0.1, -0.05) is 42.0 Å². The monoisotopic (exact) mass is 394 g/mol. The molecule has 10 heteroatoms. The van der Waals surface area contributed by atoms with Crippen molar-refractivity contribution < 1.29 is 37.4 Å². The van der Waals surface area contributed by atoms with E-state index in [-0.39, 0.29) is 6.61 Å². The number of allylic oxidation sites excluding steroid dienone is 1. The third-order valence-corrected chi connectivity index (χ3v) is 5.25. The summed E-state index contributed by atoms with van der Waals surface area (Å²) < 4.78 is 35.4. The van der Waals surface area contributed by atoms with Gasteiger partial charge in [0.1, 0.15) is 0 Å². The van der Waals surface area contributed by atoms with Crippen molar-refractivity contribution in [2.45, 2.75) is 32.8 Å². The van der Waals surface area contributed by atoms with Gasteiger partial charge in [-0.05, 0) is 31.7 Å². The normalized spacial score (nSPS) is 15.1. The Morgan fingerprint density at radius 2 is 1.80 bits per heavy atom. The molecule has 0 aliphatic carbocycles. The first-order valence-electron chi connectivity index (χ1n) is 7.69. The van der Waals surface area contributed by atoms with Crippen LogP contribution in [0.1, 0.15) is 31.7 Å². The van der Waals surface area contributed by atoms with Crippen molar-refractivity contribution in [3.63, 3.8) is 0 Å². The molecule has 1 atom stereocenters. The molecule has 1 aromatic carbocycles. The number of rotatable bonds is 12. The Bertz CT molecular complexity index is 626. The van der Waals surface area contributed by atoms with Gasteiger partial charge in [0.25, 0.3) is 0 Å². The second kappa shape index (κ2) is 11.0. The Balaban J connectivity index is 2.13. The second-order valence-corrected chi connectivity index (χ2v) is 8.21. The highest BCUT2D eigenvalue weighted by Gasteiger charge is 2.31. The van der Waals surface area contributed by atoms with Crippen LogP contribution in [0.25, 0.3) is 0 Å². The van der Waals surface area contributed by atoms with E-state index in [9.17, 15) is 9.13 Å². The molecule has 0 aliphatic rings. The molecular formula is C15H24O8P2. The van der Waals surface area contributed by atoms with Crippen LogP contribution in [0.4, 0.5) is 0 Å². The van der Waals surface area contributed by atoms with E-state index in [0.717, 1.165) is 30.4 Å². The van der Waals surface area contributed by atoms with E-state index in [2.05, 4.69) is 8.83 Å². The molecular weight excluding hydrogens is 370 g/mol. The smallest absolute Gasteiger partial charge is 0.377 e. The Hall–Kier alpha value is -0.820. The molecule has 1 aromatic rings. The molecule has 0 bridgehead atoms. The molecule has 3 N–H and O–H groups in total. The van der Waals surface area contributed by atoms with Crippen LogP contribution in [0.5, 0.6) is 0 Å². The molecule has 0 radical (unpaired) electrons. The fourth-order valence-corrected chi connectivity index (χ4v) is 3.43. The maximum Gasteiger partial charge on any atom is 0.481 e. The minimum Gasteiger partial charge on any atom is -0.377 e. The van der Waals surface area contributed by atoms with Crippen molar-refractivity contribution >= 4 is 15.6 Å². The number of phosphoric ester groups is 1. The zero-order valence-electron chi connectivity index (χ0n) is 14.0. The third kappa shape index (κ3) is 12.2. The Labute approximate surface area is 147 Å². The fourth-order valence-electron chi connectivity index (χ4n) is 1.91. The first-order valence-corrected chi connectivity index (χ1v) is 10.7.